The lowest BCUT2D eigenvalue weighted by Crippen LogP contribution is -2.39. The van der Waals surface area contributed by atoms with Crippen LogP contribution in [-0.4, -0.2) is 61.5 Å². The molecule has 1 heterocycles. The van der Waals surface area contributed by atoms with Gasteiger partial charge in [0.25, 0.3) is 0 Å². The number of hydrogen-bond donors (Lipinski definition) is 1. The van der Waals surface area contributed by atoms with Crippen LogP contribution in [0.3, 0.4) is 0 Å². The zero-order valence-electron chi connectivity index (χ0n) is 10.2. The molecule has 92 valence electrons. The highest BCUT2D eigenvalue weighted by Gasteiger charge is 2.25. The first-order valence-electron chi connectivity index (χ1n) is 6.46. The SMILES string of the molecule is CN(CCNCC(=O)N1CCCC1)C1CC1. The molecule has 1 amide bonds. The first-order valence-corrected chi connectivity index (χ1v) is 6.46. The van der Waals surface area contributed by atoms with Crippen LogP contribution in [0, 0.1) is 0 Å². The standard InChI is InChI=1S/C12H23N3O/c1-14(11-4-5-11)9-6-13-10-12(16)15-7-2-3-8-15/h11,13H,2-10H2,1H3. The summed E-state index contributed by atoms with van der Waals surface area (Å²) >= 11 is 0. The van der Waals surface area contributed by atoms with E-state index in [1.807, 2.05) is 4.90 Å². The Kier molecular flexibility index (Phi) is 4.18. The molecule has 0 bridgehead atoms. The third-order valence-corrected chi connectivity index (χ3v) is 3.55. The minimum absolute atomic E-state index is 0.270. The molecule has 1 saturated heterocycles. The van der Waals surface area contributed by atoms with Crippen LogP contribution >= 0.6 is 0 Å². The van der Waals surface area contributed by atoms with Crippen molar-refractivity contribution in [1.82, 2.24) is 15.1 Å². The van der Waals surface area contributed by atoms with Crippen molar-refractivity contribution in [2.75, 3.05) is 39.8 Å². The summed E-state index contributed by atoms with van der Waals surface area (Å²) in [6.45, 7) is 4.41. The van der Waals surface area contributed by atoms with Crippen LogP contribution in [0.2, 0.25) is 0 Å². The molecule has 2 rings (SSSR count). The number of hydrogen-bond acceptors (Lipinski definition) is 3. The second kappa shape index (κ2) is 5.64. The quantitative estimate of drug-likeness (QED) is 0.660. The fraction of sp³-hybridized carbons (Fsp3) is 0.917. The largest absolute Gasteiger partial charge is 0.342 e. The maximum atomic E-state index is 11.7. The molecule has 0 aromatic carbocycles. The summed E-state index contributed by atoms with van der Waals surface area (Å²) in [5.41, 5.74) is 0. The molecule has 2 aliphatic rings. The minimum Gasteiger partial charge on any atom is -0.342 e. The van der Waals surface area contributed by atoms with Gasteiger partial charge >= 0.3 is 0 Å². The zero-order valence-corrected chi connectivity index (χ0v) is 10.2. The normalized spacial score (nSPS) is 20.8. The summed E-state index contributed by atoms with van der Waals surface area (Å²) in [5.74, 6) is 0.270. The summed E-state index contributed by atoms with van der Waals surface area (Å²) in [6, 6.07) is 0.816. The van der Waals surface area contributed by atoms with Crippen LogP contribution in [0.1, 0.15) is 25.7 Å². The molecule has 0 spiro atoms. The van der Waals surface area contributed by atoms with Gasteiger partial charge in [-0.3, -0.25) is 4.79 Å². The van der Waals surface area contributed by atoms with Gasteiger partial charge in [0, 0.05) is 32.2 Å². The highest BCUT2D eigenvalue weighted by Crippen LogP contribution is 2.24. The van der Waals surface area contributed by atoms with Gasteiger partial charge in [-0.25, -0.2) is 0 Å². The maximum absolute atomic E-state index is 11.7. The third-order valence-electron chi connectivity index (χ3n) is 3.55. The predicted octanol–water partition coefficient (Wildman–Crippen LogP) is 0.293. The Balaban J connectivity index is 1.51. The Morgan fingerprint density at radius 2 is 2.06 bits per heavy atom. The van der Waals surface area contributed by atoms with E-state index >= 15 is 0 Å². The van der Waals surface area contributed by atoms with Crippen molar-refractivity contribution in [3.05, 3.63) is 0 Å². The Bertz CT molecular complexity index is 234. The fourth-order valence-corrected chi connectivity index (χ4v) is 2.23. The van der Waals surface area contributed by atoms with Gasteiger partial charge in [0.05, 0.1) is 6.54 Å². The third kappa shape index (κ3) is 3.46. The molecule has 0 atom stereocenters. The fourth-order valence-electron chi connectivity index (χ4n) is 2.23. The van der Waals surface area contributed by atoms with E-state index in [-0.39, 0.29) is 5.91 Å². The summed E-state index contributed by atoms with van der Waals surface area (Å²) in [7, 11) is 2.17. The lowest BCUT2D eigenvalue weighted by Gasteiger charge is -2.18. The van der Waals surface area contributed by atoms with Crippen molar-refractivity contribution in [3.63, 3.8) is 0 Å². The number of amides is 1. The maximum Gasteiger partial charge on any atom is 0.236 e. The number of nitrogens with zero attached hydrogens (tertiary/aromatic N) is 2. The van der Waals surface area contributed by atoms with E-state index in [0.29, 0.717) is 6.54 Å². The van der Waals surface area contributed by atoms with Gasteiger partial charge < -0.3 is 15.1 Å². The monoisotopic (exact) mass is 225 g/mol. The molecule has 1 aliphatic carbocycles. The second-order valence-corrected chi connectivity index (χ2v) is 4.98. The molecular formula is C12H23N3O. The second-order valence-electron chi connectivity index (χ2n) is 4.98. The van der Waals surface area contributed by atoms with Gasteiger partial charge in [-0.1, -0.05) is 0 Å². The number of rotatable bonds is 6. The molecule has 0 radical (unpaired) electrons. The lowest BCUT2D eigenvalue weighted by atomic mass is 10.4. The van der Waals surface area contributed by atoms with E-state index in [0.717, 1.165) is 32.2 Å². The van der Waals surface area contributed by atoms with Crippen molar-refractivity contribution >= 4 is 5.91 Å². The van der Waals surface area contributed by atoms with Gasteiger partial charge in [-0.2, -0.15) is 0 Å². The van der Waals surface area contributed by atoms with E-state index in [9.17, 15) is 4.79 Å². The smallest absolute Gasteiger partial charge is 0.236 e. The van der Waals surface area contributed by atoms with E-state index < -0.39 is 0 Å². The number of carbonyl (C=O) groups excluding carboxylic acids is 1. The summed E-state index contributed by atoms with van der Waals surface area (Å²) < 4.78 is 0. The van der Waals surface area contributed by atoms with Crippen molar-refractivity contribution in [3.8, 4) is 0 Å². The van der Waals surface area contributed by atoms with Crippen LogP contribution in [0.25, 0.3) is 0 Å². The van der Waals surface area contributed by atoms with Crippen molar-refractivity contribution in [2.24, 2.45) is 0 Å². The Labute approximate surface area is 98.0 Å². The lowest BCUT2D eigenvalue weighted by molar-refractivity contribution is -0.129. The van der Waals surface area contributed by atoms with E-state index in [1.165, 1.54) is 25.7 Å². The number of likely N-dealkylation sites (tertiary alicyclic amines) is 1. The number of likely N-dealkylation sites (N-methyl/N-ethyl adjacent to an activating group) is 1. The van der Waals surface area contributed by atoms with Gasteiger partial charge in [0.1, 0.15) is 0 Å². The van der Waals surface area contributed by atoms with Gasteiger partial charge in [0.15, 0.2) is 0 Å². The van der Waals surface area contributed by atoms with Crippen LogP contribution in [-0.2, 0) is 4.79 Å². The molecule has 0 aromatic heterocycles. The molecular weight excluding hydrogens is 202 g/mol. The van der Waals surface area contributed by atoms with Crippen molar-refractivity contribution < 1.29 is 4.79 Å². The average molecular weight is 225 g/mol. The number of nitrogens with one attached hydrogen (secondary N) is 1. The van der Waals surface area contributed by atoms with Gasteiger partial charge in [-0.05, 0) is 32.7 Å². The molecule has 1 aliphatic heterocycles. The molecule has 1 N–H and O–H groups in total. The molecule has 4 heteroatoms. The predicted molar refractivity (Wildman–Crippen MR) is 64.3 cm³/mol. The highest BCUT2D eigenvalue weighted by molar-refractivity contribution is 5.78. The molecule has 1 saturated carbocycles. The first kappa shape index (κ1) is 11.9. The van der Waals surface area contributed by atoms with Gasteiger partial charge in [-0.15, -0.1) is 0 Å². The summed E-state index contributed by atoms with van der Waals surface area (Å²) in [5, 5.41) is 3.24. The molecule has 16 heavy (non-hydrogen) atoms. The topological polar surface area (TPSA) is 35.6 Å². The average Bonchev–Trinajstić information content (AvgIpc) is 2.99. The molecule has 2 fully saturated rings. The van der Waals surface area contributed by atoms with Crippen LogP contribution in [0.15, 0.2) is 0 Å². The van der Waals surface area contributed by atoms with Crippen LogP contribution < -0.4 is 5.32 Å². The Morgan fingerprint density at radius 1 is 1.38 bits per heavy atom. The Hall–Kier alpha value is -0.610. The zero-order chi connectivity index (χ0) is 11.4. The highest BCUT2D eigenvalue weighted by atomic mass is 16.2. The Morgan fingerprint density at radius 3 is 2.69 bits per heavy atom. The minimum atomic E-state index is 0.270. The molecule has 0 unspecified atom stereocenters. The molecule has 0 aromatic rings. The molecule has 4 nitrogen and oxygen atoms in total. The van der Waals surface area contributed by atoms with E-state index in [1.54, 1.807) is 0 Å². The van der Waals surface area contributed by atoms with Crippen LogP contribution in [0.5, 0.6) is 0 Å². The number of carbonyl (C=O) groups is 1. The van der Waals surface area contributed by atoms with Gasteiger partial charge in [0.2, 0.25) is 5.91 Å². The van der Waals surface area contributed by atoms with Crippen molar-refractivity contribution in [2.45, 2.75) is 31.7 Å². The summed E-state index contributed by atoms with van der Waals surface area (Å²) in [4.78, 5) is 16.0. The van der Waals surface area contributed by atoms with E-state index in [2.05, 4.69) is 17.3 Å². The van der Waals surface area contributed by atoms with Crippen LogP contribution in [0.4, 0.5) is 0 Å². The summed E-state index contributed by atoms with van der Waals surface area (Å²) in [6.07, 6.45) is 5.05. The van der Waals surface area contributed by atoms with Crippen molar-refractivity contribution in [1.29, 1.82) is 0 Å². The van der Waals surface area contributed by atoms with E-state index in [4.69, 9.17) is 0 Å². The first-order chi connectivity index (χ1) is 7.77.